The van der Waals surface area contributed by atoms with Gasteiger partial charge in [0.2, 0.25) is 11.7 Å². The van der Waals surface area contributed by atoms with Crippen molar-refractivity contribution in [2.24, 2.45) is 4.99 Å². The summed E-state index contributed by atoms with van der Waals surface area (Å²) < 4.78 is 78.3. The molecule has 0 atom stereocenters. The van der Waals surface area contributed by atoms with Crippen LogP contribution in [-0.2, 0) is 4.74 Å². The standard InChI is InChI=1S/C6H3F6NO/c1-14-4-2(7)3(8)5(9,10)6(11,12)13-4/h1H3. The summed E-state index contributed by atoms with van der Waals surface area (Å²) in [4.78, 5) is 1.96. The molecule has 0 aromatic carbocycles. The van der Waals surface area contributed by atoms with Crippen LogP contribution < -0.4 is 0 Å². The van der Waals surface area contributed by atoms with Crippen molar-refractivity contribution < 1.29 is 31.1 Å². The lowest BCUT2D eigenvalue weighted by Gasteiger charge is -2.25. The summed E-state index contributed by atoms with van der Waals surface area (Å²) in [6.07, 6.45) is 0. The van der Waals surface area contributed by atoms with E-state index in [1.54, 1.807) is 0 Å². The van der Waals surface area contributed by atoms with Gasteiger partial charge in [0.15, 0.2) is 0 Å². The van der Waals surface area contributed by atoms with E-state index < -0.39 is 29.5 Å². The predicted octanol–water partition coefficient (Wildman–Crippen LogP) is 2.42. The Morgan fingerprint density at radius 3 is 2.07 bits per heavy atom. The molecule has 2 nitrogen and oxygen atoms in total. The second-order valence-electron chi connectivity index (χ2n) is 2.36. The smallest absolute Gasteiger partial charge is 0.415 e. The Labute approximate surface area is 73.9 Å². The Bertz CT molecular complexity index is 320. The SMILES string of the molecule is COC1=NC(F)(F)C(F)(F)C(F)=C1F. The van der Waals surface area contributed by atoms with Gasteiger partial charge in [-0.25, -0.2) is 4.39 Å². The van der Waals surface area contributed by atoms with E-state index in [4.69, 9.17) is 0 Å². The largest absolute Gasteiger partial charge is 0.479 e. The molecule has 1 heterocycles. The first-order valence-corrected chi connectivity index (χ1v) is 3.19. The summed E-state index contributed by atoms with van der Waals surface area (Å²) in [6, 6.07) is -5.04. The Kier molecular flexibility index (Phi) is 2.24. The van der Waals surface area contributed by atoms with Crippen LogP contribution >= 0.6 is 0 Å². The summed E-state index contributed by atoms with van der Waals surface area (Å²) >= 11 is 0. The van der Waals surface area contributed by atoms with Gasteiger partial charge in [-0.1, -0.05) is 0 Å². The molecular weight excluding hydrogens is 216 g/mol. The van der Waals surface area contributed by atoms with Crippen LogP contribution in [0.25, 0.3) is 0 Å². The quantitative estimate of drug-likeness (QED) is 0.453. The van der Waals surface area contributed by atoms with Gasteiger partial charge >= 0.3 is 12.0 Å². The molecule has 0 unspecified atom stereocenters. The fraction of sp³-hybridized carbons (Fsp3) is 0.500. The Morgan fingerprint density at radius 2 is 1.64 bits per heavy atom. The van der Waals surface area contributed by atoms with E-state index >= 15 is 0 Å². The number of methoxy groups -OCH3 is 1. The van der Waals surface area contributed by atoms with Crippen LogP contribution in [0.3, 0.4) is 0 Å². The maximum absolute atomic E-state index is 12.5. The molecule has 0 amide bonds. The van der Waals surface area contributed by atoms with Gasteiger partial charge in [-0.2, -0.15) is 26.9 Å². The molecule has 0 saturated heterocycles. The van der Waals surface area contributed by atoms with Gasteiger partial charge in [0, 0.05) is 0 Å². The summed E-state index contributed by atoms with van der Waals surface area (Å²) in [7, 11) is 0.700. The first-order chi connectivity index (χ1) is 6.24. The topological polar surface area (TPSA) is 21.6 Å². The Hall–Kier alpha value is -1.21. The monoisotopic (exact) mass is 219 g/mol. The summed E-state index contributed by atoms with van der Waals surface area (Å²) in [5.41, 5.74) is 0. The molecule has 0 spiro atoms. The predicted molar refractivity (Wildman–Crippen MR) is 33.6 cm³/mol. The van der Waals surface area contributed by atoms with E-state index in [9.17, 15) is 26.3 Å². The average molecular weight is 219 g/mol. The highest BCUT2D eigenvalue weighted by atomic mass is 19.3. The summed E-state index contributed by atoms with van der Waals surface area (Å²) in [5, 5.41) is 0. The van der Waals surface area contributed by atoms with Crippen molar-refractivity contribution in [1.82, 2.24) is 0 Å². The third-order valence-corrected chi connectivity index (χ3v) is 1.47. The van der Waals surface area contributed by atoms with Gasteiger partial charge in [-0.15, -0.1) is 0 Å². The van der Waals surface area contributed by atoms with E-state index in [-0.39, 0.29) is 0 Å². The zero-order chi connectivity index (χ0) is 11.1. The van der Waals surface area contributed by atoms with E-state index in [0.717, 1.165) is 0 Å². The Morgan fingerprint density at radius 1 is 1.14 bits per heavy atom. The van der Waals surface area contributed by atoms with Crippen molar-refractivity contribution in [2.45, 2.75) is 12.0 Å². The zero-order valence-corrected chi connectivity index (χ0v) is 6.62. The summed E-state index contributed by atoms with van der Waals surface area (Å²) in [5.74, 6) is -11.9. The maximum atomic E-state index is 12.5. The first kappa shape index (κ1) is 10.9. The molecule has 0 fully saturated rings. The number of dihydropyridines is 1. The lowest BCUT2D eigenvalue weighted by atomic mass is 10.2. The van der Waals surface area contributed by atoms with Crippen molar-refractivity contribution in [3.63, 3.8) is 0 Å². The van der Waals surface area contributed by atoms with Gasteiger partial charge in [0.1, 0.15) is 0 Å². The number of halogens is 6. The molecule has 0 saturated carbocycles. The van der Waals surface area contributed by atoms with Crippen LogP contribution in [0.15, 0.2) is 16.6 Å². The van der Waals surface area contributed by atoms with Crippen LogP contribution in [0.5, 0.6) is 0 Å². The molecule has 14 heavy (non-hydrogen) atoms. The molecule has 80 valence electrons. The molecule has 0 bridgehead atoms. The lowest BCUT2D eigenvalue weighted by molar-refractivity contribution is -0.193. The molecule has 0 aromatic rings. The normalized spacial score (nSPS) is 24.6. The molecule has 0 N–H and O–H groups in total. The number of hydrogen-bond donors (Lipinski definition) is 0. The highest BCUT2D eigenvalue weighted by molar-refractivity contribution is 5.93. The molecule has 1 aliphatic heterocycles. The lowest BCUT2D eigenvalue weighted by Crippen LogP contribution is -2.44. The van der Waals surface area contributed by atoms with Crippen LogP contribution in [-0.4, -0.2) is 25.0 Å². The van der Waals surface area contributed by atoms with Crippen LogP contribution in [0.1, 0.15) is 0 Å². The minimum Gasteiger partial charge on any atom is -0.479 e. The molecule has 8 heteroatoms. The van der Waals surface area contributed by atoms with Gasteiger partial charge < -0.3 is 4.74 Å². The van der Waals surface area contributed by atoms with Gasteiger partial charge in [0.25, 0.3) is 5.90 Å². The Balaban J connectivity index is 3.31. The van der Waals surface area contributed by atoms with Crippen molar-refractivity contribution in [3.05, 3.63) is 11.7 Å². The van der Waals surface area contributed by atoms with Crippen molar-refractivity contribution in [2.75, 3.05) is 7.11 Å². The van der Waals surface area contributed by atoms with E-state index in [2.05, 4.69) is 4.74 Å². The van der Waals surface area contributed by atoms with Crippen LogP contribution in [0.4, 0.5) is 26.3 Å². The second kappa shape index (κ2) is 2.89. The average Bonchev–Trinajstić information content (AvgIpc) is 2.09. The molecule has 0 aliphatic carbocycles. The van der Waals surface area contributed by atoms with Crippen molar-refractivity contribution in [1.29, 1.82) is 0 Å². The highest BCUT2D eigenvalue weighted by Crippen LogP contribution is 2.46. The third kappa shape index (κ3) is 1.25. The van der Waals surface area contributed by atoms with Crippen LogP contribution in [0, 0.1) is 0 Å². The van der Waals surface area contributed by atoms with Gasteiger partial charge in [-0.3, -0.25) is 0 Å². The van der Waals surface area contributed by atoms with E-state index in [1.165, 1.54) is 0 Å². The zero-order valence-electron chi connectivity index (χ0n) is 6.62. The number of hydrogen-bond acceptors (Lipinski definition) is 2. The van der Waals surface area contributed by atoms with Gasteiger partial charge in [0.05, 0.1) is 7.11 Å². The fourth-order valence-corrected chi connectivity index (χ4v) is 0.746. The highest BCUT2D eigenvalue weighted by Gasteiger charge is 2.64. The minimum atomic E-state index is -5.28. The number of ether oxygens (including phenoxy) is 1. The molecular formula is C6H3F6NO. The van der Waals surface area contributed by atoms with Crippen molar-refractivity contribution >= 4 is 5.90 Å². The van der Waals surface area contributed by atoms with E-state index in [1.807, 2.05) is 4.99 Å². The first-order valence-electron chi connectivity index (χ1n) is 3.19. The second-order valence-corrected chi connectivity index (χ2v) is 2.36. The number of aliphatic imine (C=N–C) groups is 1. The fourth-order valence-electron chi connectivity index (χ4n) is 0.746. The molecule has 0 aromatic heterocycles. The molecule has 1 aliphatic rings. The molecule has 1 rings (SSSR count). The van der Waals surface area contributed by atoms with Crippen molar-refractivity contribution in [3.8, 4) is 0 Å². The number of rotatable bonds is 0. The van der Waals surface area contributed by atoms with E-state index in [0.29, 0.717) is 7.11 Å². The summed E-state index contributed by atoms with van der Waals surface area (Å²) in [6.45, 7) is 0. The number of nitrogens with zero attached hydrogens (tertiary/aromatic N) is 1. The maximum Gasteiger partial charge on any atom is 0.415 e. The van der Waals surface area contributed by atoms with Crippen LogP contribution in [0.2, 0.25) is 0 Å². The third-order valence-electron chi connectivity index (χ3n) is 1.47. The number of alkyl halides is 4. The van der Waals surface area contributed by atoms with Gasteiger partial charge in [-0.05, 0) is 0 Å². The minimum absolute atomic E-state index is 0.700. The molecule has 0 radical (unpaired) electrons.